The van der Waals surface area contributed by atoms with Crippen molar-refractivity contribution < 1.29 is 39.5 Å². The second-order valence-electron chi connectivity index (χ2n) is 17.4. The fraction of sp³-hybridized carbons (Fsp3) is 0.600. The van der Waals surface area contributed by atoms with Gasteiger partial charge in [-0.3, -0.25) is 19.8 Å². The Morgan fingerprint density at radius 2 is 1.69 bits per heavy atom. The van der Waals surface area contributed by atoms with Crippen LogP contribution in [-0.2, 0) is 16.0 Å². The monoisotopic (exact) mass is 888 g/mol. The van der Waals surface area contributed by atoms with Gasteiger partial charge in [0.15, 0.2) is 17.3 Å². The minimum atomic E-state index is -1.14. The Kier molecular flexibility index (Phi) is 14.7. The minimum Gasteiger partial charge on any atom is -0.495 e. The number of hydrogen-bond acceptors (Lipinski definition) is 17. The van der Waals surface area contributed by atoms with Crippen molar-refractivity contribution in [2.45, 2.75) is 108 Å². The number of carbonyl (C=O) groups excluding carboxylic acids is 2. The van der Waals surface area contributed by atoms with Crippen molar-refractivity contribution in [1.82, 2.24) is 30.0 Å². The molecule has 0 spiro atoms. The Hall–Kier alpha value is -4.86. The molecule has 3 aromatic rings. The highest BCUT2D eigenvalue weighted by Gasteiger charge is 2.45. The zero-order chi connectivity index (χ0) is 44.9. The van der Waals surface area contributed by atoms with E-state index in [9.17, 15) is 30.0 Å². The van der Waals surface area contributed by atoms with Crippen molar-refractivity contribution in [3.05, 3.63) is 58.9 Å². The van der Waals surface area contributed by atoms with Gasteiger partial charge in [0.2, 0.25) is 5.91 Å². The SMILES string of the molecule is CCc1nc(C(N)=O)c(Nc2ccc(N3CCC(N4CCN(C(=O)CCCNc5cccc6c5C(O)N(C5CCC(O)NC5O)C6O)CC4)CC3)c(OC)c2)nc1NC1CCOCC1. The summed E-state index contributed by atoms with van der Waals surface area (Å²) < 4.78 is 11.4. The number of carbonyl (C=O) groups is 2. The van der Waals surface area contributed by atoms with Gasteiger partial charge in [-0.05, 0) is 69.6 Å². The number of rotatable bonds is 15. The van der Waals surface area contributed by atoms with E-state index in [2.05, 4.69) is 36.1 Å². The van der Waals surface area contributed by atoms with E-state index in [-0.39, 0.29) is 23.5 Å². The van der Waals surface area contributed by atoms with Crippen LogP contribution >= 0.6 is 0 Å². The van der Waals surface area contributed by atoms with Gasteiger partial charge in [-0.1, -0.05) is 19.1 Å². The maximum Gasteiger partial charge on any atom is 0.271 e. The molecule has 6 heterocycles. The molecule has 19 nitrogen and oxygen atoms in total. The summed E-state index contributed by atoms with van der Waals surface area (Å²) >= 11 is 0. The summed E-state index contributed by atoms with van der Waals surface area (Å²) in [5.74, 6) is 1.10. The van der Waals surface area contributed by atoms with E-state index in [1.807, 2.05) is 42.2 Å². The predicted octanol–water partition coefficient (Wildman–Crippen LogP) is 2.17. The van der Waals surface area contributed by atoms with E-state index >= 15 is 0 Å². The number of primary amides is 1. The minimum absolute atomic E-state index is 0.0844. The van der Waals surface area contributed by atoms with Crippen molar-refractivity contribution in [1.29, 1.82) is 0 Å². The lowest BCUT2D eigenvalue weighted by molar-refractivity contribution is -0.158. The van der Waals surface area contributed by atoms with Crippen LogP contribution in [0.5, 0.6) is 5.75 Å². The van der Waals surface area contributed by atoms with Crippen LogP contribution in [0, 0.1) is 0 Å². The van der Waals surface area contributed by atoms with Crippen LogP contribution in [0.2, 0.25) is 0 Å². The number of piperidine rings is 2. The lowest BCUT2D eigenvalue weighted by Gasteiger charge is -2.43. The second-order valence-corrected chi connectivity index (χ2v) is 17.4. The molecule has 2 amide bonds. The number of ether oxygens (including phenoxy) is 2. The number of hydrogen-bond donors (Lipinski definition) is 9. The van der Waals surface area contributed by atoms with Gasteiger partial charge in [-0.2, -0.15) is 0 Å². The number of nitrogens with one attached hydrogen (secondary N) is 4. The van der Waals surface area contributed by atoms with Gasteiger partial charge in [0, 0.05) is 106 Å². The number of fused-ring (bicyclic) bond motifs is 1. The van der Waals surface area contributed by atoms with Crippen LogP contribution in [-0.4, -0.2) is 154 Å². The first-order valence-electron chi connectivity index (χ1n) is 22.9. The van der Waals surface area contributed by atoms with Gasteiger partial charge < -0.3 is 61.4 Å². The average Bonchev–Trinajstić information content (AvgIpc) is 3.56. The highest BCUT2D eigenvalue weighted by molar-refractivity contribution is 5.96. The molecule has 19 heteroatoms. The van der Waals surface area contributed by atoms with E-state index in [1.165, 1.54) is 4.90 Å². The molecule has 0 aliphatic carbocycles. The standard InChI is InChI=1S/C45H65N11O8/c1-3-31-41(48-27-15-24-64-25-16-27)52-42(39(50-31)40(46)59)49-28-9-10-33(35(26-28)63-2)54-18-13-29(14-19-54)53-20-22-55(23-21-53)37(58)8-5-17-47-32-7-4-6-30-38(32)45(62)56(44(30)61)34-11-12-36(57)51-43(34)60/h4,6-7,9-10,26-27,29,34,36,43-45,47,51,57,60-62H,3,5,8,11-25H2,1-2H3,(H2,46,59)(H2,48,49,52). The van der Waals surface area contributed by atoms with Crippen LogP contribution in [0.15, 0.2) is 36.4 Å². The van der Waals surface area contributed by atoms with E-state index in [1.54, 1.807) is 13.2 Å². The number of aryl methyl sites for hydroxylation is 1. The number of anilines is 5. The smallest absolute Gasteiger partial charge is 0.271 e. The Bertz CT molecular complexity index is 2090. The average molecular weight is 888 g/mol. The Labute approximate surface area is 374 Å². The molecule has 348 valence electrons. The zero-order valence-corrected chi connectivity index (χ0v) is 36.9. The summed E-state index contributed by atoms with van der Waals surface area (Å²) in [7, 11) is 1.66. The molecular weight excluding hydrogens is 823 g/mol. The maximum atomic E-state index is 13.3. The highest BCUT2D eigenvalue weighted by Crippen LogP contribution is 2.46. The number of methoxy groups -OCH3 is 1. The fourth-order valence-electron chi connectivity index (χ4n) is 9.96. The molecule has 5 unspecified atom stereocenters. The zero-order valence-electron chi connectivity index (χ0n) is 36.9. The van der Waals surface area contributed by atoms with Crippen molar-refractivity contribution in [3.63, 3.8) is 0 Å². The molecule has 64 heavy (non-hydrogen) atoms. The number of aliphatic hydroxyl groups is 4. The summed E-state index contributed by atoms with van der Waals surface area (Å²) in [6, 6.07) is 11.4. The van der Waals surface area contributed by atoms with E-state index in [0.717, 1.165) is 57.5 Å². The summed E-state index contributed by atoms with van der Waals surface area (Å²) in [5.41, 5.74) is 10.0. The van der Waals surface area contributed by atoms with Crippen molar-refractivity contribution >= 4 is 40.5 Å². The molecule has 8 rings (SSSR count). The molecule has 0 bridgehead atoms. The van der Waals surface area contributed by atoms with E-state index in [4.69, 9.17) is 20.2 Å². The second kappa shape index (κ2) is 20.5. The lowest BCUT2D eigenvalue weighted by atomic mass is 10.0. The fourth-order valence-corrected chi connectivity index (χ4v) is 9.96. The van der Waals surface area contributed by atoms with Gasteiger partial charge in [-0.15, -0.1) is 0 Å². The summed E-state index contributed by atoms with van der Waals surface area (Å²) in [6.07, 6.45) is 1.92. The third-order valence-electron chi connectivity index (χ3n) is 13.5. The van der Waals surface area contributed by atoms with Crippen molar-refractivity contribution in [2.24, 2.45) is 5.73 Å². The van der Waals surface area contributed by atoms with Crippen LogP contribution < -0.4 is 36.6 Å². The molecular formula is C45H65N11O8. The normalized spacial score (nSPS) is 24.9. The Morgan fingerprint density at radius 1 is 0.922 bits per heavy atom. The van der Waals surface area contributed by atoms with Gasteiger partial charge in [0.1, 0.15) is 30.7 Å². The van der Waals surface area contributed by atoms with Crippen LogP contribution in [0.1, 0.15) is 98.1 Å². The first-order valence-corrected chi connectivity index (χ1v) is 22.9. The topological polar surface area (TPSA) is 246 Å². The van der Waals surface area contributed by atoms with Crippen LogP contribution in [0.3, 0.4) is 0 Å². The van der Waals surface area contributed by atoms with Crippen LogP contribution in [0.4, 0.5) is 28.7 Å². The molecule has 5 aliphatic rings. The first-order chi connectivity index (χ1) is 31.0. The highest BCUT2D eigenvalue weighted by atomic mass is 16.5. The molecule has 2 aromatic carbocycles. The molecule has 0 saturated carbocycles. The largest absolute Gasteiger partial charge is 0.495 e. The van der Waals surface area contributed by atoms with E-state index < -0.39 is 36.9 Å². The Morgan fingerprint density at radius 3 is 2.39 bits per heavy atom. The third-order valence-corrected chi connectivity index (χ3v) is 13.5. The maximum absolute atomic E-state index is 13.3. The first kappa shape index (κ1) is 45.7. The van der Waals surface area contributed by atoms with Crippen molar-refractivity contribution in [2.75, 3.05) is 87.0 Å². The number of aliphatic hydroxyl groups excluding tert-OH is 4. The molecule has 1 aromatic heterocycles. The number of benzene rings is 2. The third kappa shape index (κ3) is 10.0. The molecule has 0 radical (unpaired) electrons. The summed E-state index contributed by atoms with van der Waals surface area (Å²) in [4.78, 5) is 43.5. The van der Waals surface area contributed by atoms with Crippen LogP contribution in [0.25, 0.3) is 0 Å². The molecule has 5 aliphatic heterocycles. The lowest BCUT2D eigenvalue weighted by Crippen LogP contribution is -2.57. The molecule has 4 fully saturated rings. The molecule has 5 atom stereocenters. The Balaban J connectivity index is 0.793. The van der Waals surface area contributed by atoms with E-state index in [0.29, 0.717) is 111 Å². The number of aromatic nitrogens is 2. The van der Waals surface area contributed by atoms with Gasteiger partial charge >= 0.3 is 0 Å². The summed E-state index contributed by atoms with van der Waals surface area (Å²) in [5, 5.41) is 55.7. The van der Waals surface area contributed by atoms with Crippen molar-refractivity contribution in [3.8, 4) is 5.75 Å². The van der Waals surface area contributed by atoms with Gasteiger partial charge in [0.05, 0.1) is 24.5 Å². The predicted molar refractivity (Wildman–Crippen MR) is 241 cm³/mol. The number of piperazine rings is 1. The number of nitrogens with two attached hydrogens (primary N) is 1. The van der Waals surface area contributed by atoms with Gasteiger partial charge in [0.25, 0.3) is 5.91 Å². The quantitative estimate of drug-likeness (QED) is 0.0993. The number of nitrogens with zero attached hydrogens (tertiary/aromatic N) is 6. The molecule has 4 saturated heterocycles. The van der Waals surface area contributed by atoms with Gasteiger partial charge in [-0.25, -0.2) is 14.9 Å². The summed E-state index contributed by atoms with van der Waals surface area (Å²) in [6.45, 7) is 8.62. The number of amides is 2. The molecule has 10 N–H and O–H groups in total.